The molecule has 0 fully saturated rings. The van der Waals surface area contributed by atoms with Crippen molar-refractivity contribution < 1.29 is 28.2 Å². The average Bonchev–Trinajstić information content (AvgIpc) is 2.33. The SMILES string of the molecule is CC.O=C(CCCCC(F)(F)F)NCC(O)CO. The smallest absolute Gasteiger partial charge is 0.389 e. The monoisotopic (exact) mass is 273 g/mol. The fourth-order valence-corrected chi connectivity index (χ4v) is 0.996. The first-order valence-electron chi connectivity index (χ1n) is 5.97. The summed E-state index contributed by atoms with van der Waals surface area (Å²) in [6.07, 6.45) is -6.03. The molecule has 0 aliphatic carbocycles. The number of hydrogen-bond donors (Lipinski definition) is 3. The largest absolute Gasteiger partial charge is 0.394 e. The van der Waals surface area contributed by atoms with Crippen LogP contribution < -0.4 is 5.32 Å². The lowest BCUT2D eigenvalue weighted by molar-refractivity contribution is -0.136. The minimum absolute atomic E-state index is 0.00573. The van der Waals surface area contributed by atoms with Crippen molar-refractivity contribution in [3.8, 4) is 0 Å². The molecule has 0 aliphatic rings. The number of nitrogens with one attached hydrogen (secondary N) is 1. The van der Waals surface area contributed by atoms with E-state index >= 15 is 0 Å². The first kappa shape index (κ1) is 19.5. The number of halogens is 3. The van der Waals surface area contributed by atoms with Gasteiger partial charge in [-0.1, -0.05) is 13.8 Å². The molecule has 110 valence electrons. The van der Waals surface area contributed by atoms with Crippen LogP contribution in [0.2, 0.25) is 0 Å². The molecular formula is C11H22F3NO3. The first-order valence-corrected chi connectivity index (χ1v) is 5.97. The van der Waals surface area contributed by atoms with Crippen molar-refractivity contribution in [3.05, 3.63) is 0 Å². The Morgan fingerprint density at radius 3 is 2.28 bits per heavy atom. The zero-order chi connectivity index (χ0) is 14.6. The minimum atomic E-state index is -4.18. The van der Waals surface area contributed by atoms with Gasteiger partial charge in [0.1, 0.15) is 0 Å². The highest BCUT2D eigenvalue weighted by molar-refractivity contribution is 5.75. The molecule has 0 aromatic carbocycles. The third-order valence-corrected chi connectivity index (χ3v) is 1.86. The van der Waals surface area contributed by atoms with E-state index in [1.165, 1.54) is 0 Å². The van der Waals surface area contributed by atoms with Gasteiger partial charge in [0, 0.05) is 19.4 Å². The summed E-state index contributed by atoms with van der Waals surface area (Å²) in [5.74, 6) is -0.422. The van der Waals surface area contributed by atoms with Crippen molar-refractivity contribution >= 4 is 5.91 Å². The average molecular weight is 273 g/mol. The van der Waals surface area contributed by atoms with E-state index in [-0.39, 0.29) is 25.8 Å². The van der Waals surface area contributed by atoms with Crippen LogP contribution in [-0.4, -0.2) is 41.6 Å². The summed E-state index contributed by atoms with van der Waals surface area (Å²) in [4.78, 5) is 11.0. The number of carbonyl (C=O) groups excluding carboxylic acids is 1. The summed E-state index contributed by atoms with van der Waals surface area (Å²) >= 11 is 0. The number of carbonyl (C=O) groups is 1. The molecule has 1 amide bonds. The highest BCUT2D eigenvalue weighted by atomic mass is 19.4. The van der Waals surface area contributed by atoms with Crippen molar-refractivity contribution in [3.63, 3.8) is 0 Å². The van der Waals surface area contributed by atoms with Gasteiger partial charge in [-0.15, -0.1) is 0 Å². The van der Waals surface area contributed by atoms with Gasteiger partial charge in [-0.05, 0) is 12.8 Å². The Morgan fingerprint density at radius 1 is 1.28 bits per heavy atom. The standard InChI is InChI=1S/C9H16F3NO3.C2H6/c10-9(11,12)4-2-1-3-8(16)13-5-7(15)6-14;1-2/h7,14-15H,1-6H2,(H,13,16);1-2H3. The first-order chi connectivity index (χ1) is 8.35. The van der Waals surface area contributed by atoms with Gasteiger partial charge >= 0.3 is 6.18 Å². The van der Waals surface area contributed by atoms with Crippen LogP contribution in [0.1, 0.15) is 39.5 Å². The van der Waals surface area contributed by atoms with Gasteiger partial charge in [0.25, 0.3) is 0 Å². The molecule has 7 heteroatoms. The molecule has 0 aliphatic heterocycles. The molecule has 0 saturated carbocycles. The number of aliphatic hydroxyl groups excluding tert-OH is 2. The Bertz CT molecular complexity index is 210. The molecule has 4 nitrogen and oxygen atoms in total. The van der Waals surface area contributed by atoms with Crippen LogP contribution in [0, 0.1) is 0 Å². The maximum absolute atomic E-state index is 11.7. The van der Waals surface area contributed by atoms with Gasteiger partial charge < -0.3 is 15.5 Å². The summed E-state index contributed by atoms with van der Waals surface area (Å²) in [7, 11) is 0. The van der Waals surface area contributed by atoms with Gasteiger partial charge in [-0.25, -0.2) is 0 Å². The Kier molecular flexibility index (Phi) is 12.2. The summed E-state index contributed by atoms with van der Waals surface area (Å²) in [6, 6.07) is 0. The Balaban J connectivity index is 0. The minimum Gasteiger partial charge on any atom is -0.394 e. The van der Waals surface area contributed by atoms with Gasteiger partial charge in [-0.3, -0.25) is 4.79 Å². The van der Waals surface area contributed by atoms with E-state index in [1.807, 2.05) is 13.8 Å². The lowest BCUT2D eigenvalue weighted by Crippen LogP contribution is -2.33. The number of unbranched alkanes of at least 4 members (excludes halogenated alkanes) is 1. The third kappa shape index (κ3) is 15.2. The maximum Gasteiger partial charge on any atom is 0.389 e. The molecule has 0 spiro atoms. The van der Waals surface area contributed by atoms with E-state index in [0.29, 0.717) is 0 Å². The molecule has 0 saturated heterocycles. The topological polar surface area (TPSA) is 69.6 Å². The van der Waals surface area contributed by atoms with Crippen molar-refractivity contribution in [2.75, 3.05) is 13.2 Å². The predicted molar refractivity (Wildman–Crippen MR) is 62.0 cm³/mol. The second-order valence-corrected chi connectivity index (χ2v) is 3.46. The number of amides is 1. The Morgan fingerprint density at radius 2 is 1.83 bits per heavy atom. The van der Waals surface area contributed by atoms with Gasteiger partial charge in [0.2, 0.25) is 5.91 Å². The highest BCUT2D eigenvalue weighted by Crippen LogP contribution is 2.22. The Labute approximate surface area is 105 Å². The normalized spacial score (nSPS) is 12.4. The van der Waals surface area contributed by atoms with E-state index < -0.39 is 31.2 Å². The quantitative estimate of drug-likeness (QED) is 0.617. The molecule has 3 N–H and O–H groups in total. The van der Waals surface area contributed by atoms with E-state index in [0.717, 1.165) is 0 Å². The van der Waals surface area contributed by atoms with Crippen LogP contribution >= 0.6 is 0 Å². The zero-order valence-corrected chi connectivity index (χ0v) is 10.8. The summed E-state index contributed by atoms with van der Waals surface area (Å²) in [5, 5.41) is 19.6. The van der Waals surface area contributed by atoms with Crippen LogP contribution in [0.15, 0.2) is 0 Å². The third-order valence-electron chi connectivity index (χ3n) is 1.86. The summed E-state index contributed by atoms with van der Waals surface area (Å²) < 4.78 is 35.2. The van der Waals surface area contributed by atoms with E-state index in [9.17, 15) is 18.0 Å². The van der Waals surface area contributed by atoms with E-state index in [2.05, 4.69) is 5.32 Å². The number of alkyl halides is 3. The second kappa shape index (κ2) is 11.3. The molecule has 1 atom stereocenters. The second-order valence-electron chi connectivity index (χ2n) is 3.46. The number of hydrogen-bond acceptors (Lipinski definition) is 3. The fraction of sp³-hybridized carbons (Fsp3) is 0.909. The van der Waals surface area contributed by atoms with Crippen LogP contribution in [0.3, 0.4) is 0 Å². The highest BCUT2D eigenvalue weighted by Gasteiger charge is 2.25. The molecule has 0 aromatic heterocycles. The lowest BCUT2D eigenvalue weighted by atomic mass is 10.2. The van der Waals surface area contributed by atoms with Crippen molar-refractivity contribution in [1.82, 2.24) is 5.32 Å². The van der Waals surface area contributed by atoms with Crippen molar-refractivity contribution in [2.45, 2.75) is 51.8 Å². The van der Waals surface area contributed by atoms with Gasteiger partial charge in [0.05, 0.1) is 12.7 Å². The summed E-state index contributed by atoms with van der Waals surface area (Å²) in [5.41, 5.74) is 0. The number of aliphatic hydroxyl groups is 2. The molecular weight excluding hydrogens is 251 g/mol. The molecule has 0 radical (unpaired) electrons. The van der Waals surface area contributed by atoms with Crippen molar-refractivity contribution in [2.24, 2.45) is 0 Å². The Hall–Kier alpha value is -0.820. The summed E-state index contributed by atoms with van der Waals surface area (Å²) in [6.45, 7) is 3.45. The lowest BCUT2D eigenvalue weighted by Gasteiger charge is -2.09. The number of rotatable bonds is 7. The van der Waals surface area contributed by atoms with Crippen LogP contribution in [0.25, 0.3) is 0 Å². The maximum atomic E-state index is 11.7. The fourth-order valence-electron chi connectivity index (χ4n) is 0.996. The predicted octanol–water partition coefficient (Wildman–Crippen LogP) is 1.60. The van der Waals surface area contributed by atoms with Crippen LogP contribution in [0.4, 0.5) is 13.2 Å². The van der Waals surface area contributed by atoms with Crippen molar-refractivity contribution in [1.29, 1.82) is 0 Å². The van der Waals surface area contributed by atoms with Crippen LogP contribution in [-0.2, 0) is 4.79 Å². The molecule has 0 heterocycles. The van der Waals surface area contributed by atoms with Gasteiger partial charge in [-0.2, -0.15) is 13.2 Å². The molecule has 0 aromatic rings. The van der Waals surface area contributed by atoms with E-state index in [1.54, 1.807) is 0 Å². The van der Waals surface area contributed by atoms with Gasteiger partial charge in [0.15, 0.2) is 0 Å². The molecule has 0 bridgehead atoms. The van der Waals surface area contributed by atoms with E-state index in [4.69, 9.17) is 10.2 Å². The zero-order valence-electron chi connectivity index (χ0n) is 10.8. The molecule has 0 rings (SSSR count). The molecule has 18 heavy (non-hydrogen) atoms. The van der Waals surface area contributed by atoms with Crippen LogP contribution in [0.5, 0.6) is 0 Å². The molecule has 1 unspecified atom stereocenters.